The number of pyridine rings is 1. The Labute approximate surface area is 121 Å². The number of hydrogen-bond donors (Lipinski definition) is 0. The van der Waals surface area contributed by atoms with Gasteiger partial charge in [0.2, 0.25) is 0 Å². The van der Waals surface area contributed by atoms with Crippen LogP contribution in [0, 0.1) is 5.82 Å². The highest BCUT2D eigenvalue weighted by Gasteiger charge is 2.23. The van der Waals surface area contributed by atoms with Crippen molar-refractivity contribution >= 4 is 13.4 Å². The second-order valence-electron chi connectivity index (χ2n) is 4.75. The maximum Gasteiger partial charge on any atom is 0.166 e. The molecule has 0 aliphatic carbocycles. The SMILES string of the molecule is [B]c1nc2n(c1-c1cccc(F)c1)COc1ccncc1-2. The summed E-state index contributed by atoms with van der Waals surface area (Å²) in [6.07, 6.45) is 3.34. The number of ether oxygens (including phenoxy) is 1. The molecule has 1 aliphatic heterocycles. The lowest BCUT2D eigenvalue weighted by atomic mass is 9.98. The summed E-state index contributed by atoms with van der Waals surface area (Å²) in [5, 5.41) is 0. The molecule has 2 aromatic heterocycles. The van der Waals surface area contributed by atoms with Gasteiger partial charge < -0.3 is 4.74 Å². The van der Waals surface area contributed by atoms with E-state index in [4.69, 9.17) is 12.6 Å². The molecule has 3 aromatic rings. The first-order valence-corrected chi connectivity index (χ1v) is 6.43. The minimum Gasteiger partial charge on any atom is -0.472 e. The topological polar surface area (TPSA) is 39.9 Å². The van der Waals surface area contributed by atoms with Crippen LogP contribution in [0.1, 0.15) is 0 Å². The molecule has 1 aliphatic rings. The van der Waals surface area contributed by atoms with Gasteiger partial charge in [-0.1, -0.05) is 12.1 Å². The molecule has 0 atom stereocenters. The number of rotatable bonds is 1. The van der Waals surface area contributed by atoms with E-state index in [2.05, 4.69) is 9.97 Å². The van der Waals surface area contributed by atoms with Gasteiger partial charge >= 0.3 is 0 Å². The predicted octanol–water partition coefficient (Wildman–Crippen LogP) is 1.89. The molecule has 6 heteroatoms. The lowest BCUT2D eigenvalue weighted by Crippen LogP contribution is -2.15. The Kier molecular flexibility index (Phi) is 2.57. The standard InChI is InChI=1S/C15H9BFN3O/c16-14-13(9-2-1-3-10(17)6-9)20-8-21-12-4-5-18-7-11(12)15(20)19-14/h1-7H,8H2. The molecule has 0 fully saturated rings. The van der Waals surface area contributed by atoms with E-state index in [1.807, 2.05) is 4.57 Å². The molecule has 100 valence electrons. The van der Waals surface area contributed by atoms with E-state index >= 15 is 0 Å². The van der Waals surface area contributed by atoms with Crippen LogP contribution in [-0.4, -0.2) is 22.4 Å². The van der Waals surface area contributed by atoms with Gasteiger partial charge in [0.25, 0.3) is 0 Å². The van der Waals surface area contributed by atoms with Crippen molar-refractivity contribution in [3.05, 3.63) is 48.5 Å². The third kappa shape index (κ3) is 1.83. The Morgan fingerprint density at radius 2 is 2.19 bits per heavy atom. The molecule has 1 aromatic carbocycles. The van der Waals surface area contributed by atoms with Crippen molar-refractivity contribution in [2.45, 2.75) is 6.73 Å². The summed E-state index contributed by atoms with van der Waals surface area (Å²) in [5.41, 5.74) is 2.44. The third-order valence-corrected chi connectivity index (χ3v) is 3.46. The van der Waals surface area contributed by atoms with Crippen LogP contribution in [0.5, 0.6) is 5.75 Å². The van der Waals surface area contributed by atoms with Crippen LogP contribution in [-0.2, 0) is 6.73 Å². The van der Waals surface area contributed by atoms with E-state index in [0.29, 0.717) is 28.4 Å². The van der Waals surface area contributed by atoms with Crippen molar-refractivity contribution in [3.63, 3.8) is 0 Å². The van der Waals surface area contributed by atoms with E-state index in [9.17, 15) is 4.39 Å². The highest BCUT2D eigenvalue weighted by Crippen LogP contribution is 2.34. The van der Waals surface area contributed by atoms with Gasteiger partial charge in [-0.15, -0.1) is 0 Å². The zero-order valence-electron chi connectivity index (χ0n) is 11.0. The van der Waals surface area contributed by atoms with E-state index in [1.165, 1.54) is 12.1 Å². The van der Waals surface area contributed by atoms with Crippen LogP contribution in [0.3, 0.4) is 0 Å². The number of aromatic nitrogens is 3. The van der Waals surface area contributed by atoms with Crippen LogP contribution in [0.25, 0.3) is 22.6 Å². The zero-order chi connectivity index (χ0) is 14.4. The first-order valence-electron chi connectivity index (χ1n) is 6.43. The quantitative estimate of drug-likeness (QED) is 0.638. The van der Waals surface area contributed by atoms with Crippen LogP contribution in [0.15, 0.2) is 42.7 Å². The average Bonchev–Trinajstić information content (AvgIpc) is 2.83. The van der Waals surface area contributed by atoms with Crippen molar-refractivity contribution in [2.24, 2.45) is 0 Å². The highest BCUT2D eigenvalue weighted by molar-refractivity contribution is 6.34. The molecule has 2 radical (unpaired) electrons. The highest BCUT2D eigenvalue weighted by atomic mass is 19.1. The maximum absolute atomic E-state index is 13.5. The summed E-state index contributed by atoms with van der Waals surface area (Å²) < 4.78 is 21.0. The van der Waals surface area contributed by atoms with E-state index in [-0.39, 0.29) is 12.5 Å². The second kappa shape index (κ2) is 4.44. The number of hydrogen-bond acceptors (Lipinski definition) is 3. The van der Waals surface area contributed by atoms with Gasteiger partial charge in [0.05, 0.1) is 11.3 Å². The number of imidazole rings is 1. The molecule has 4 rings (SSSR count). The first-order chi connectivity index (χ1) is 10.2. The van der Waals surface area contributed by atoms with Gasteiger partial charge in [-0.2, -0.15) is 0 Å². The van der Waals surface area contributed by atoms with Crippen LogP contribution in [0.2, 0.25) is 0 Å². The second-order valence-corrected chi connectivity index (χ2v) is 4.75. The molecule has 0 bridgehead atoms. The van der Waals surface area contributed by atoms with Crippen LogP contribution in [0.4, 0.5) is 4.39 Å². The summed E-state index contributed by atoms with van der Waals surface area (Å²) in [6, 6.07) is 8.04. The molecule has 3 heterocycles. The predicted molar refractivity (Wildman–Crippen MR) is 76.9 cm³/mol. The minimum atomic E-state index is -0.318. The number of halogens is 1. The minimum absolute atomic E-state index is 0.280. The normalized spacial score (nSPS) is 12.4. The van der Waals surface area contributed by atoms with Crippen molar-refractivity contribution in [1.29, 1.82) is 0 Å². The fraction of sp³-hybridized carbons (Fsp3) is 0.0667. The molecule has 0 spiro atoms. The van der Waals surface area contributed by atoms with Crippen molar-refractivity contribution in [1.82, 2.24) is 14.5 Å². The van der Waals surface area contributed by atoms with Gasteiger partial charge in [-0.05, 0) is 18.2 Å². The molecule has 0 N–H and O–H groups in total. The summed E-state index contributed by atoms with van der Waals surface area (Å²) in [6.45, 7) is 0.280. The maximum atomic E-state index is 13.5. The van der Waals surface area contributed by atoms with Crippen LogP contribution < -0.4 is 10.3 Å². The summed E-state index contributed by atoms with van der Waals surface area (Å²) in [7, 11) is 6.03. The molecule has 0 amide bonds. The Balaban J connectivity index is 1.95. The average molecular weight is 277 g/mol. The Morgan fingerprint density at radius 1 is 1.29 bits per heavy atom. The number of nitrogens with zero attached hydrogens (tertiary/aromatic N) is 3. The van der Waals surface area contributed by atoms with Gasteiger partial charge in [0, 0.05) is 23.6 Å². The molecule has 0 saturated carbocycles. The van der Waals surface area contributed by atoms with Gasteiger partial charge in [-0.25, -0.2) is 9.37 Å². The summed E-state index contributed by atoms with van der Waals surface area (Å²) >= 11 is 0. The van der Waals surface area contributed by atoms with Gasteiger partial charge in [-0.3, -0.25) is 9.55 Å². The summed E-state index contributed by atoms with van der Waals surface area (Å²) in [5.74, 6) is 1.08. The van der Waals surface area contributed by atoms with Gasteiger partial charge in [0.1, 0.15) is 25.2 Å². The fourth-order valence-electron chi connectivity index (χ4n) is 2.55. The smallest absolute Gasteiger partial charge is 0.166 e. The Bertz CT molecular complexity index is 847. The first kappa shape index (κ1) is 12.1. The van der Waals surface area contributed by atoms with Crippen molar-refractivity contribution < 1.29 is 9.13 Å². The third-order valence-electron chi connectivity index (χ3n) is 3.46. The summed E-state index contributed by atoms with van der Waals surface area (Å²) in [4.78, 5) is 8.49. The number of benzene rings is 1. The lowest BCUT2D eigenvalue weighted by molar-refractivity contribution is 0.231. The molecule has 21 heavy (non-hydrogen) atoms. The zero-order valence-corrected chi connectivity index (χ0v) is 11.0. The Morgan fingerprint density at radius 3 is 3.05 bits per heavy atom. The fourth-order valence-corrected chi connectivity index (χ4v) is 2.55. The van der Waals surface area contributed by atoms with E-state index < -0.39 is 0 Å². The molecule has 4 nitrogen and oxygen atoms in total. The van der Waals surface area contributed by atoms with Crippen LogP contribution >= 0.6 is 0 Å². The van der Waals surface area contributed by atoms with Crippen molar-refractivity contribution in [2.75, 3.05) is 0 Å². The van der Waals surface area contributed by atoms with E-state index in [0.717, 1.165) is 5.56 Å². The molecule has 0 saturated heterocycles. The van der Waals surface area contributed by atoms with E-state index in [1.54, 1.807) is 30.6 Å². The largest absolute Gasteiger partial charge is 0.472 e. The van der Waals surface area contributed by atoms with Crippen molar-refractivity contribution in [3.8, 4) is 28.4 Å². The molecular formula is C15H9BFN3O. The monoisotopic (exact) mass is 277 g/mol. The number of fused-ring (bicyclic) bond motifs is 3. The molecule has 0 unspecified atom stereocenters. The lowest BCUT2D eigenvalue weighted by Gasteiger charge is -2.20. The molecular weight excluding hydrogens is 268 g/mol. The Hall–Kier alpha value is -2.63. The van der Waals surface area contributed by atoms with Gasteiger partial charge in [0.15, 0.2) is 6.73 Å².